The first-order valence-electron chi connectivity index (χ1n) is 10.8. The molecular weight excluding hydrogens is 416 g/mol. The van der Waals surface area contributed by atoms with Crippen LogP contribution in [0.4, 0.5) is 16.2 Å². The number of fused-ring (bicyclic) bond motifs is 2. The van der Waals surface area contributed by atoms with Crippen LogP contribution < -0.4 is 20.1 Å². The molecule has 2 N–H and O–H groups in total. The zero-order chi connectivity index (χ0) is 23.5. The number of amides is 2. The van der Waals surface area contributed by atoms with Gasteiger partial charge < -0.3 is 14.8 Å². The topological polar surface area (TPSA) is 76.7 Å². The molecule has 0 fully saturated rings. The van der Waals surface area contributed by atoms with Crippen LogP contribution in [0.25, 0.3) is 21.5 Å². The van der Waals surface area contributed by atoms with E-state index in [2.05, 4.69) is 23.6 Å². The fourth-order valence-electron chi connectivity index (χ4n) is 3.96. The van der Waals surface area contributed by atoms with E-state index in [9.17, 15) is 9.59 Å². The molecule has 0 atom stereocenters. The summed E-state index contributed by atoms with van der Waals surface area (Å²) in [5.74, 6) is 1.04. The molecule has 0 saturated heterocycles. The van der Waals surface area contributed by atoms with Crippen molar-refractivity contribution in [2.24, 2.45) is 0 Å². The Morgan fingerprint density at radius 1 is 0.848 bits per heavy atom. The highest BCUT2D eigenvalue weighted by atomic mass is 16.6. The molecule has 168 valence electrons. The number of methoxy groups -OCH3 is 1. The van der Waals surface area contributed by atoms with Gasteiger partial charge in [-0.15, -0.1) is 0 Å². The van der Waals surface area contributed by atoms with Crippen LogP contribution >= 0.6 is 0 Å². The van der Waals surface area contributed by atoms with Gasteiger partial charge in [-0.05, 0) is 42.7 Å². The standard InChI is InChI=1S/C27H26N2O4/c1-5-18-11-13-22-23(14-18)25(32-4)20-8-6-7-9-21(20)26(22)33-27(31)29-19-12-10-16(2)24(15-19)28-17(3)30/h6-15H,5H2,1-4H3,(H,28,30)(H,29,31). The third-order valence-corrected chi connectivity index (χ3v) is 5.59. The van der Waals surface area contributed by atoms with Crippen LogP contribution in [0.5, 0.6) is 11.5 Å². The molecule has 0 aliphatic rings. The van der Waals surface area contributed by atoms with E-state index in [-0.39, 0.29) is 5.91 Å². The monoisotopic (exact) mass is 442 g/mol. The summed E-state index contributed by atoms with van der Waals surface area (Å²) in [6.45, 7) is 5.42. The zero-order valence-electron chi connectivity index (χ0n) is 19.1. The fraction of sp³-hybridized carbons (Fsp3) is 0.185. The van der Waals surface area contributed by atoms with Crippen molar-refractivity contribution >= 4 is 44.9 Å². The zero-order valence-corrected chi connectivity index (χ0v) is 19.1. The molecule has 0 heterocycles. The van der Waals surface area contributed by atoms with Gasteiger partial charge in [-0.1, -0.05) is 49.4 Å². The van der Waals surface area contributed by atoms with Gasteiger partial charge in [0.05, 0.1) is 7.11 Å². The maximum absolute atomic E-state index is 12.9. The highest BCUT2D eigenvalue weighted by Gasteiger charge is 2.18. The van der Waals surface area contributed by atoms with Crippen LogP contribution in [0.2, 0.25) is 0 Å². The first-order valence-corrected chi connectivity index (χ1v) is 10.8. The molecule has 33 heavy (non-hydrogen) atoms. The molecule has 4 rings (SSSR count). The van der Waals surface area contributed by atoms with Crippen LogP contribution in [-0.4, -0.2) is 19.1 Å². The minimum Gasteiger partial charge on any atom is -0.495 e. The van der Waals surface area contributed by atoms with E-state index in [4.69, 9.17) is 9.47 Å². The molecule has 6 nitrogen and oxygen atoms in total. The first kappa shape index (κ1) is 22.1. The van der Waals surface area contributed by atoms with Crippen molar-refractivity contribution in [1.82, 2.24) is 0 Å². The number of rotatable bonds is 5. The lowest BCUT2D eigenvalue weighted by Crippen LogP contribution is -2.17. The Labute approximate surface area is 192 Å². The Balaban J connectivity index is 1.75. The van der Waals surface area contributed by atoms with E-state index in [1.54, 1.807) is 19.2 Å². The average Bonchev–Trinajstić information content (AvgIpc) is 2.80. The summed E-state index contributed by atoms with van der Waals surface area (Å²) in [6.07, 6.45) is 0.260. The van der Waals surface area contributed by atoms with Crippen LogP contribution in [0, 0.1) is 6.92 Å². The number of nitrogens with one attached hydrogen (secondary N) is 2. The normalized spacial score (nSPS) is 10.8. The lowest BCUT2D eigenvalue weighted by molar-refractivity contribution is -0.114. The Bertz CT molecular complexity index is 1380. The molecular formula is C27H26N2O4. The van der Waals surface area contributed by atoms with Gasteiger partial charge in [0.1, 0.15) is 11.5 Å². The molecule has 0 unspecified atom stereocenters. The molecule has 4 aromatic carbocycles. The first-order chi connectivity index (χ1) is 15.9. The van der Waals surface area contributed by atoms with E-state index in [0.717, 1.165) is 44.8 Å². The minimum atomic E-state index is -0.621. The van der Waals surface area contributed by atoms with Crippen LogP contribution in [-0.2, 0) is 11.2 Å². The van der Waals surface area contributed by atoms with E-state index in [0.29, 0.717) is 17.1 Å². The molecule has 0 spiro atoms. The van der Waals surface area contributed by atoms with E-state index in [1.165, 1.54) is 6.92 Å². The third-order valence-electron chi connectivity index (χ3n) is 5.59. The summed E-state index contributed by atoms with van der Waals surface area (Å²) in [5.41, 5.74) is 3.21. The van der Waals surface area contributed by atoms with Gasteiger partial charge in [0.15, 0.2) is 0 Å². The van der Waals surface area contributed by atoms with Gasteiger partial charge in [0, 0.05) is 39.8 Å². The Morgan fingerprint density at radius 3 is 2.21 bits per heavy atom. The molecule has 0 saturated carbocycles. The Hall–Kier alpha value is -4.06. The molecule has 0 radical (unpaired) electrons. The van der Waals surface area contributed by atoms with Gasteiger partial charge >= 0.3 is 6.09 Å². The average molecular weight is 443 g/mol. The van der Waals surface area contributed by atoms with Gasteiger partial charge in [-0.3, -0.25) is 10.1 Å². The summed E-state index contributed by atoms with van der Waals surface area (Å²) in [7, 11) is 1.65. The van der Waals surface area contributed by atoms with E-state index in [1.807, 2.05) is 49.4 Å². The Morgan fingerprint density at radius 2 is 1.55 bits per heavy atom. The number of carbonyl (C=O) groups excluding carboxylic acids is 2. The van der Waals surface area contributed by atoms with Gasteiger partial charge in [0.2, 0.25) is 5.91 Å². The van der Waals surface area contributed by atoms with Gasteiger partial charge in [0.25, 0.3) is 0 Å². The van der Waals surface area contributed by atoms with Crippen molar-refractivity contribution < 1.29 is 19.1 Å². The minimum absolute atomic E-state index is 0.180. The second kappa shape index (κ2) is 9.20. The largest absolute Gasteiger partial charge is 0.495 e. The van der Waals surface area contributed by atoms with E-state index >= 15 is 0 Å². The summed E-state index contributed by atoms with van der Waals surface area (Å²) in [4.78, 5) is 24.4. The van der Waals surface area contributed by atoms with Crippen LogP contribution in [0.3, 0.4) is 0 Å². The van der Waals surface area contributed by atoms with Crippen molar-refractivity contribution in [3.05, 3.63) is 71.8 Å². The molecule has 6 heteroatoms. The number of anilines is 2. The maximum atomic E-state index is 12.9. The second-order valence-corrected chi connectivity index (χ2v) is 7.87. The molecule has 4 aromatic rings. The predicted octanol–water partition coefficient (Wildman–Crippen LogP) is 6.44. The van der Waals surface area contributed by atoms with Crippen molar-refractivity contribution in [2.75, 3.05) is 17.7 Å². The van der Waals surface area contributed by atoms with Gasteiger partial charge in [-0.2, -0.15) is 0 Å². The molecule has 2 amide bonds. The predicted molar refractivity (Wildman–Crippen MR) is 133 cm³/mol. The van der Waals surface area contributed by atoms with E-state index < -0.39 is 6.09 Å². The highest BCUT2D eigenvalue weighted by Crippen LogP contribution is 2.43. The molecule has 0 aliphatic heterocycles. The number of aryl methyl sites for hydroxylation is 2. The summed E-state index contributed by atoms with van der Waals surface area (Å²) in [5, 5.41) is 8.86. The Kier molecular flexibility index (Phi) is 6.18. The van der Waals surface area contributed by atoms with Crippen molar-refractivity contribution in [1.29, 1.82) is 0 Å². The lowest BCUT2D eigenvalue weighted by atomic mass is 9.98. The number of hydrogen-bond donors (Lipinski definition) is 2. The summed E-state index contributed by atoms with van der Waals surface area (Å²) >= 11 is 0. The van der Waals surface area contributed by atoms with Crippen molar-refractivity contribution in [3.63, 3.8) is 0 Å². The highest BCUT2D eigenvalue weighted by molar-refractivity contribution is 6.12. The smallest absolute Gasteiger partial charge is 0.417 e. The number of benzene rings is 4. The second-order valence-electron chi connectivity index (χ2n) is 7.87. The molecule has 0 aromatic heterocycles. The lowest BCUT2D eigenvalue weighted by Gasteiger charge is -2.17. The van der Waals surface area contributed by atoms with Crippen molar-refractivity contribution in [2.45, 2.75) is 27.2 Å². The summed E-state index contributed by atoms with van der Waals surface area (Å²) < 4.78 is 11.6. The molecule has 0 aliphatic carbocycles. The van der Waals surface area contributed by atoms with Gasteiger partial charge in [-0.25, -0.2) is 4.79 Å². The SMILES string of the molecule is CCc1ccc2c(OC(=O)Nc3ccc(C)c(NC(C)=O)c3)c3ccccc3c(OC)c2c1. The number of carbonyl (C=O) groups is 2. The van der Waals surface area contributed by atoms with Crippen LogP contribution in [0.1, 0.15) is 25.0 Å². The van der Waals surface area contributed by atoms with Crippen LogP contribution in [0.15, 0.2) is 60.7 Å². The molecule has 0 bridgehead atoms. The number of ether oxygens (including phenoxy) is 2. The third kappa shape index (κ3) is 4.46. The maximum Gasteiger partial charge on any atom is 0.417 e. The summed E-state index contributed by atoms with van der Waals surface area (Å²) in [6, 6.07) is 19.1. The number of hydrogen-bond acceptors (Lipinski definition) is 4. The van der Waals surface area contributed by atoms with Crippen molar-refractivity contribution in [3.8, 4) is 11.5 Å². The quantitative estimate of drug-likeness (QED) is 0.349. The fourth-order valence-corrected chi connectivity index (χ4v) is 3.96.